The number of halogens is 5. The number of hydrogen-bond acceptors (Lipinski definition) is 6. The third kappa shape index (κ3) is 4.69. The Kier molecular flexibility index (Phi) is 6.64. The van der Waals surface area contributed by atoms with Crippen LogP contribution in [0.1, 0.15) is 34.0 Å². The summed E-state index contributed by atoms with van der Waals surface area (Å²) in [6, 6.07) is 15.6. The van der Waals surface area contributed by atoms with E-state index in [-0.39, 0.29) is 29.4 Å². The van der Waals surface area contributed by atoms with Crippen LogP contribution in [0.25, 0.3) is 21.8 Å². The predicted octanol–water partition coefficient (Wildman–Crippen LogP) is 5.57. The van der Waals surface area contributed by atoms with Crippen molar-refractivity contribution in [2.45, 2.75) is 31.6 Å². The van der Waals surface area contributed by atoms with Crippen LogP contribution in [0.3, 0.4) is 0 Å². The lowest BCUT2D eigenvalue weighted by Crippen LogP contribution is -2.43. The zero-order valence-electron chi connectivity index (χ0n) is 20.9. The molecule has 0 amide bonds. The summed E-state index contributed by atoms with van der Waals surface area (Å²) in [5.41, 5.74) is 3.25. The number of carbonyl (C=O) groups excluding carboxylic acids is 1. The molecule has 0 fully saturated rings. The molecule has 0 saturated carbocycles. The Bertz CT molecular complexity index is 1820. The van der Waals surface area contributed by atoms with Crippen LogP contribution in [0.2, 0.25) is 0 Å². The van der Waals surface area contributed by atoms with Crippen LogP contribution < -0.4 is 4.74 Å². The number of alkyl halides is 5. The Hall–Kier alpha value is -3.94. The molecular weight excluding hydrogens is 558 g/mol. The fourth-order valence-corrected chi connectivity index (χ4v) is 5.27. The minimum Gasteiger partial charge on any atom is -0.486 e. The van der Waals surface area contributed by atoms with Gasteiger partial charge in [0.2, 0.25) is 0 Å². The molecule has 0 aliphatic carbocycles. The number of aryl methyl sites for hydroxylation is 2. The van der Waals surface area contributed by atoms with Crippen LogP contribution in [0, 0.1) is 6.92 Å². The highest BCUT2D eigenvalue weighted by Gasteiger charge is 2.57. The second-order valence-corrected chi connectivity index (χ2v) is 10.7. The highest BCUT2D eigenvalue weighted by atomic mass is 32.2. The van der Waals surface area contributed by atoms with Gasteiger partial charge in [0.25, 0.3) is 0 Å². The average Bonchev–Trinajstić information content (AvgIpc) is 3.43. The molecule has 4 aromatic rings. The smallest absolute Gasteiger partial charge is 0.385 e. The number of hydrogen-bond donors (Lipinski definition) is 0. The molecule has 0 saturated heterocycles. The molecular formula is C26H19BF5N2O5S. The molecule has 7 nitrogen and oxygen atoms in total. The molecule has 0 N–H and O–H groups in total. The van der Waals surface area contributed by atoms with E-state index >= 15 is 0 Å². The number of fused-ring (bicyclic) bond motifs is 5. The lowest BCUT2D eigenvalue weighted by molar-refractivity contribution is -0.0558. The quantitative estimate of drug-likeness (QED) is 0.124. The fraction of sp³-hybridized carbons (Fsp3) is 0.231. The number of ether oxygens (including phenoxy) is 1. The molecule has 1 aliphatic heterocycles. The van der Waals surface area contributed by atoms with E-state index in [4.69, 9.17) is 4.74 Å². The van der Waals surface area contributed by atoms with Gasteiger partial charge in [-0.25, -0.2) is 0 Å². The maximum Gasteiger partial charge on any atom is 0.385 e. The van der Waals surface area contributed by atoms with Crippen molar-refractivity contribution in [2.24, 2.45) is 5.16 Å². The van der Waals surface area contributed by atoms with Gasteiger partial charge in [-0.1, -0.05) is 29.4 Å². The molecule has 5 rings (SSSR count). The topological polar surface area (TPSA) is 87.0 Å². The number of carbonyl (C=O) groups is 1. The zero-order chi connectivity index (χ0) is 29.0. The lowest BCUT2D eigenvalue weighted by atomic mass is 9.78. The van der Waals surface area contributed by atoms with Crippen LogP contribution in [-0.2, 0) is 20.9 Å². The van der Waals surface area contributed by atoms with Crippen molar-refractivity contribution in [3.05, 3.63) is 76.9 Å². The molecule has 1 aromatic heterocycles. The second-order valence-electron chi connectivity index (χ2n) is 9.06. The maximum atomic E-state index is 13.7. The first kappa shape index (κ1) is 27.6. The van der Waals surface area contributed by atoms with Gasteiger partial charge in [0.1, 0.15) is 18.1 Å². The molecule has 3 aromatic carbocycles. The SMILES string of the molecule is CCn1c2ccc(C(=O)c3ccccc3C)cc2c2c3c(ccc21)/C(=N/OS(=O)(=O)C(F)(F)[B]C(F)(F)F)CO3. The summed E-state index contributed by atoms with van der Waals surface area (Å²) in [5.74, 6) is 0.0481. The van der Waals surface area contributed by atoms with Gasteiger partial charge in [0, 0.05) is 34.1 Å². The first-order valence-electron chi connectivity index (χ1n) is 11.9. The molecule has 1 aliphatic rings. The summed E-state index contributed by atoms with van der Waals surface area (Å²) >= 11 is 0. The molecule has 40 heavy (non-hydrogen) atoms. The van der Waals surface area contributed by atoms with E-state index in [0.29, 0.717) is 28.4 Å². The van der Waals surface area contributed by atoms with Crippen molar-refractivity contribution in [3.8, 4) is 5.75 Å². The minimum absolute atomic E-state index is 0.191. The minimum atomic E-state index is -6.10. The Morgan fingerprint density at radius 1 is 1.07 bits per heavy atom. The number of aromatic nitrogens is 1. The number of nitrogens with zero attached hydrogens (tertiary/aromatic N) is 2. The number of ketones is 1. The van der Waals surface area contributed by atoms with Gasteiger partial charge in [0.05, 0.1) is 10.9 Å². The Balaban J connectivity index is 1.59. The average molecular weight is 577 g/mol. The number of oxime groups is 1. The van der Waals surface area contributed by atoms with E-state index in [2.05, 4.69) is 9.44 Å². The second kappa shape index (κ2) is 9.61. The summed E-state index contributed by atoms with van der Waals surface area (Å²) in [6.07, 6.45) is -5.57. The summed E-state index contributed by atoms with van der Waals surface area (Å²) in [4.78, 5) is 13.3. The van der Waals surface area contributed by atoms with E-state index < -0.39 is 28.6 Å². The third-order valence-corrected chi connectivity index (χ3v) is 7.58. The summed E-state index contributed by atoms with van der Waals surface area (Å²) in [5, 5.41) is -0.933. The van der Waals surface area contributed by atoms with Crippen molar-refractivity contribution in [2.75, 3.05) is 6.61 Å². The van der Waals surface area contributed by atoms with Crippen molar-refractivity contribution in [1.29, 1.82) is 0 Å². The number of rotatable bonds is 7. The summed E-state index contributed by atoms with van der Waals surface area (Å²) < 4.78 is 99.9. The van der Waals surface area contributed by atoms with Gasteiger partial charge in [-0.2, -0.15) is 30.4 Å². The molecule has 0 unspecified atom stereocenters. The predicted molar refractivity (Wildman–Crippen MR) is 139 cm³/mol. The summed E-state index contributed by atoms with van der Waals surface area (Å²) in [6.45, 7) is 3.91. The van der Waals surface area contributed by atoms with E-state index in [1.165, 1.54) is 6.07 Å². The highest BCUT2D eigenvalue weighted by molar-refractivity contribution is 7.89. The van der Waals surface area contributed by atoms with Crippen molar-refractivity contribution in [1.82, 2.24) is 4.57 Å². The summed E-state index contributed by atoms with van der Waals surface area (Å²) in [7, 11) is -7.69. The Labute approximate surface area is 225 Å². The van der Waals surface area contributed by atoms with Crippen molar-refractivity contribution in [3.63, 3.8) is 0 Å². The van der Waals surface area contributed by atoms with Crippen LogP contribution >= 0.6 is 0 Å². The monoisotopic (exact) mass is 577 g/mol. The van der Waals surface area contributed by atoms with Gasteiger partial charge >= 0.3 is 28.6 Å². The zero-order valence-corrected chi connectivity index (χ0v) is 21.7. The molecule has 14 heteroatoms. The first-order valence-corrected chi connectivity index (χ1v) is 13.3. The lowest BCUT2D eigenvalue weighted by Gasteiger charge is -2.15. The van der Waals surface area contributed by atoms with Crippen LogP contribution in [0.15, 0.2) is 59.8 Å². The van der Waals surface area contributed by atoms with Gasteiger partial charge in [-0.05, 0) is 49.7 Å². The van der Waals surface area contributed by atoms with Crippen LogP contribution in [-0.4, -0.2) is 49.6 Å². The van der Waals surface area contributed by atoms with E-state index in [1.807, 2.05) is 30.5 Å². The first-order chi connectivity index (χ1) is 18.7. The maximum absolute atomic E-state index is 13.7. The normalized spacial score (nSPS) is 14.9. The van der Waals surface area contributed by atoms with Gasteiger partial charge in [0.15, 0.2) is 5.78 Å². The van der Waals surface area contributed by atoms with Crippen LogP contribution in [0.5, 0.6) is 5.75 Å². The van der Waals surface area contributed by atoms with Crippen LogP contribution in [0.4, 0.5) is 22.0 Å². The van der Waals surface area contributed by atoms with Gasteiger partial charge in [-0.3, -0.25) is 9.08 Å². The fourth-order valence-electron chi connectivity index (χ4n) is 4.70. The van der Waals surface area contributed by atoms with Crippen molar-refractivity contribution >= 4 is 50.7 Å². The van der Waals surface area contributed by atoms with Crippen molar-refractivity contribution < 1.29 is 44.2 Å². The number of benzene rings is 3. The standard InChI is InChI=1S/C26H19BF5N2O5S/c1-3-34-20-10-8-15(23(35)16-7-5-4-6-14(16)2)12-18(20)22-21(34)11-9-17-19(13-38-24(17)22)33-39-40(36,37)26(31,32)27-25(28,29)30/h4-12H,3,13H2,1-2H3/b33-19+. The van der Waals surface area contributed by atoms with E-state index in [1.54, 1.807) is 36.4 Å². The molecule has 0 spiro atoms. The molecule has 2 heterocycles. The Morgan fingerprint density at radius 2 is 1.77 bits per heavy atom. The van der Waals surface area contributed by atoms with Gasteiger partial charge in [-0.15, -0.1) is 0 Å². The van der Waals surface area contributed by atoms with Gasteiger partial charge < -0.3 is 9.30 Å². The molecule has 0 atom stereocenters. The highest BCUT2D eigenvalue weighted by Crippen LogP contribution is 2.41. The Morgan fingerprint density at radius 3 is 2.45 bits per heavy atom. The molecule has 0 bridgehead atoms. The molecule has 207 valence electrons. The van der Waals surface area contributed by atoms with E-state index in [0.717, 1.165) is 16.6 Å². The molecule has 1 radical (unpaired) electrons. The largest absolute Gasteiger partial charge is 0.486 e. The van der Waals surface area contributed by atoms with E-state index in [9.17, 15) is 35.2 Å². The third-order valence-electron chi connectivity index (χ3n) is 6.53.